The van der Waals surface area contributed by atoms with Crippen molar-refractivity contribution in [3.8, 4) is 0 Å². The lowest BCUT2D eigenvalue weighted by Gasteiger charge is -2.34. The third kappa shape index (κ3) is 4.92. The predicted octanol–water partition coefficient (Wildman–Crippen LogP) is 3.12. The first-order valence-electron chi connectivity index (χ1n) is 8.70. The third-order valence-corrected chi connectivity index (χ3v) is 6.55. The second-order valence-electron chi connectivity index (χ2n) is 6.63. The summed E-state index contributed by atoms with van der Waals surface area (Å²) in [6.07, 6.45) is -4.62. The van der Waals surface area contributed by atoms with E-state index < -0.39 is 26.7 Å². The second-order valence-corrected chi connectivity index (χ2v) is 8.57. The number of alkyl halides is 3. The van der Waals surface area contributed by atoms with Crippen molar-refractivity contribution in [2.45, 2.75) is 17.6 Å². The normalized spacial score (nSPS) is 16.7. The Bertz CT molecular complexity index is 1000. The van der Waals surface area contributed by atoms with Gasteiger partial charge in [-0.3, -0.25) is 15.0 Å². The lowest BCUT2D eigenvalue weighted by atomic mass is 10.2. The molecule has 0 unspecified atom stereocenters. The topological polar surface area (TPSA) is 83.8 Å². The van der Waals surface area contributed by atoms with Gasteiger partial charge in [-0.25, -0.2) is 8.42 Å². The van der Waals surface area contributed by atoms with Crippen LogP contribution in [0.25, 0.3) is 0 Å². The summed E-state index contributed by atoms with van der Waals surface area (Å²) in [5.74, 6) is 0. The van der Waals surface area contributed by atoms with Gasteiger partial charge >= 0.3 is 6.18 Å². The molecule has 0 bridgehead atoms. The van der Waals surface area contributed by atoms with Gasteiger partial charge in [-0.2, -0.15) is 17.5 Å². The predicted molar refractivity (Wildman–Crippen MR) is 98.6 cm³/mol. The van der Waals surface area contributed by atoms with Crippen LogP contribution in [0.4, 0.5) is 18.9 Å². The Kier molecular flexibility index (Phi) is 5.92. The van der Waals surface area contributed by atoms with Crippen molar-refractivity contribution < 1.29 is 26.5 Å². The van der Waals surface area contributed by atoms with Gasteiger partial charge in [-0.15, -0.1) is 0 Å². The molecule has 0 saturated carbocycles. The largest absolute Gasteiger partial charge is 0.416 e. The highest BCUT2D eigenvalue weighted by atomic mass is 32.2. The maximum Gasteiger partial charge on any atom is 0.416 e. The summed E-state index contributed by atoms with van der Waals surface area (Å²) in [6, 6.07) is 9.89. The lowest BCUT2D eigenvalue weighted by molar-refractivity contribution is -0.384. The number of benzene rings is 2. The summed E-state index contributed by atoms with van der Waals surface area (Å²) >= 11 is 0. The number of rotatable bonds is 5. The highest BCUT2D eigenvalue weighted by Gasteiger charge is 2.34. The maximum absolute atomic E-state index is 12.9. The van der Waals surface area contributed by atoms with E-state index in [2.05, 4.69) is 0 Å². The van der Waals surface area contributed by atoms with Crippen LogP contribution in [0.3, 0.4) is 0 Å². The molecule has 1 saturated heterocycles. The number of nitro groups is 1. The minimum Gasteiger partial charge on any atom is -0.296 e. The van der Waals surface area contributed by atoms with Crippen LogP contribution in [0.5, 0.6) is 0 Å². The molecule has 0 amide bonds. The zero-order chi connectivity index (χ0) is 21.2. The summed E-state index contributed by atoms with van der Waals surface area (Å²) < 4.78 is 65.2. The van der Waals surface area contributed by atoms with Gasteiger partial charge in [0.15, 0.2) is 0 Å². The van der Waals surface area contributed by atoms with E-state index in [1.807, 2.05) is 4.90 Å². The molecule has 1 heterocycles. The first-order valence-corrected chi connectivity index (χ1v) is 10.1. The van der Waals surface area contributed by atoms with Gasteiger partial charge in [0.2, 0.25) is 10.0 Å². The van der Waals surface area contributed by atoms with E-state index in [1.165, 1.54) is 12.1 Å². The molecule has 1 aliphatic heterocycles. The lowest BCUT2D eigenvalue weighted by Crippen LogP contribution is -2.48. The number of nitrogens with zero attached hydrogens (tertiary/aromatic N) is 3. The van der Waals surface area contributed by atoms with Crippen LogP contribution in [0.2, 0.25) is 0 Å². The van der Waals surface area contributed by atoms with Crippen molar-refractivity contribution in [1.29, 1.82) is 0 Å². The van der Waals surface area contributed by atoms with E-state index in [0.717, 1.165) is 28.1 Å². The zero-order valence-corrected chi connectivity index (χ0v) is 16.0. The molecule has 0 N–H and O–H groups in total. The molecule has 156 valence electrons. The average molecular weight is 429 g/mol. The Balaban J connectivity index is 1.67. The maximum atomic E-state index is 12.9. The van der Waals surface area contributed by atoms with Gasteiger partial charge < -0.3 is 0 Å². The Morgan fingerprint density at radius 2 is 1.66 bits per heavy atom. The molecule has 2 aromatic carbocycles. The molecular formula is C18H18F3N3O4S. The van der Waals surface area contributed by atoms with Crippen molar-refractivity contribution in [1.82, 2.24) is 9.21 Å². The molecule has 0 spiro atoms. The van der Waals surface area contributed by atoms with Crippen molar-refractivity contribution in [3.05, 3.63) is 69.8 Å². The molecular weight excluding hydrogens is 411 g/mol. The number of nitro benzene ring substituents is 1. The molecule has 7 nitrogen and oxygen atoms in total. The molecule has 1 fully saturated rings. The number of sulfonamides is 1. The highest BCUT2D eigenvalue weighted by Crippen LogP contribution is 2.31. The first kappa shape index (κ1) is 21.2. The quantitative estimate of drug-likeness (QED) is 0.539. The summed E-state index contributed by atoms with van der Waals surface area (Å²) in [5.41, 5.74) is -0.301. The molecule has 0 aromatic heterocycles. The molecule has 2 aromatic rings. The summed E-state index contributed by atoms with van der Waals surface area (Å²) in [6.45, 7) is 1.38. The SMILES string of the molecule is O=[N+]([O-])c1cccc(CN2CCN(S(=O)(=O)c3cccc(C(F)(F)F)c3)CC2)c1. The monoisotopic (exact) mass is 429 g/mol. The standard InChI is InChI=1S/C18H18F3N3O4S/c19-18(20,21)15-4-2-6-17(12-15)29(27,28)23-9-7-22(8-10-23)13-14-3-1-5-16(11-14)24(25)26/h1-6,11-12H,7-10,13H2. The van der Waals surface area contributed by atoms with E-state index >= 15 is 0 Å². The number of non-ortho nitro benzene ring substituents is 1. The fourth-order valence-corrected chi connectivity index (χ4v) is 4.61. The molecule has 11 heteroatoms. The molecule has 3 rings (SSSR count). The van der Waals surface area contributed by atoms with Crippen molar-refractivity contribution in [2.75, 3.05) is 26.2 Å². The van der Waals surface area contributed by atoms with Crippen LogP contribution in [0.1, 0.15) is 11.1 Å². The molecule has 0 aliphatic carbocycles. The van der Waals surface area contributed by atoms with Crippen LogP contribution >= 0.6 is 0 Å². The summed E-state index contributed by atoms with van der Waals surface area (Å²) in [7, 11) is -4.04. The molecule has 0 atom stereocenters. The Hall–Kier alpha value is -2.50. The Morgan fingerprint density at radius 1 is 1.00 bits per heavy atom. The highest BCUT2D eigenvalue weighted by molar-refractivity contribution is 7.89. The first-order chi connectivity index (χ1) is 13.6. The van der Waals surface area contributed by atoms with E-state index in [4.69, 9.17) is 0 Å². The van der Waals surface area contributed by atoms with Gasteiger partial charge in [0, 0.05) is 44.9 Å². The van der Waals surface area contributed by atoms with Crippen molar-refractivity contribution in [3.63, 3.8) is 0 Å². The van der Waals surface area contributed by atoms with E-state index in [9.17, 15) is 31.7 Å². The van der Waals surface area contributed by atoms with Gasteiger partial charge in [-0.1, -0.05) is 18.2 Å². The number of piperazine rings is 1. The van der Waals surface area contributed by atoms with E-state index in [-0.39, 0.29) is 23.7 Å². The van der Waals surface area contributed by atoms with Crippen LogP contribution < -0.4 is 0 Å². The number of hydrogen-bond acceptors (Lipinski definition) is 5. The minimum atomic E-state index is -4.62. The van der Waals surface area contributed by atoms with Crippen LogP contribution in [-0.2, 0) is 22.7 Å². The number of hydrogen-bond donors (Lipinski definition) is 0. The third-order valence-electron chi connectivity index (χ3n) is 4.66. The fraction of sp³-hybridized carbons (Fsp3) is 0.333. The van der Waals surface area contributed by atoms with Crippen LogP contribution in [-0.4, -0.2) is 48.7 Å². The molecule has 1 aliphatic rings. The van der Waals surface area contributed by atoms with Gasteiger partial charge in [-0.05, 0) is 23.8 Å². The number of halogens is 3. The minimum absolute atomic E-state index is 0.0201. The van der Waals surface area contributed by atoms with Gasteiger partial charge in [0.25, 0.3) is 5.69 Å². The zero-order valence-electron chi connectivity index (χ0n) is 15.2. The Labute approximate surface area is 165 Å². The smallest absolute Gasteiger partial charge is 0.296 e. The average Bonchev–Trinajstić information content (AvgIpc) is 2.68. The van der Waals surface area contributed by atoms with Crippen molar-refractivity contribution >= 4 is 15.7 Å². The van der Waals surface area contributed by atoms with E-state index in [1.54, 1.807) is 12.1 Å². The fourth-order valence-electron chi connectivity index (χ4n) is 3.14. The summed E-state index contributed by atoms with van der Waals surface area (Å²) in [5, 5.41) is 10.9. The molecule has 0 radical (unpaired) electrons. The van der Waals surface area contributed by atoms with Crippen LogP contribution in [0, 0.1) is 10.1 Å². The second kappa shape index (κ2) is 8.09. The van der Waals surface area contributed by atoms with Gasteiger partial charge in [0.05, 0.1) is 15.4 Å². The van der Waals surface area contributed by atoms with Crippen LogP contribution in [0.15, 0.2) is 53.4 Å². The van der Waals surface area contributed by atoms with E-state index in [0.29, 0.717) is 25.7 Å². The molecule has 29 heavy (non-hydrogen) atoms. The summed E-state index contributed by atoms with van der Waals surface area (Å²) in [4.78, 5) is 11.9. The van der Waals surface area contributed by atoms with Crippen molar-refractivity contribution in [2.24, 2.45) is 0 Å². The van der Waals surface area contributed by atoms with Gasteiger partial charge in [0.1, 0.15) is 0 Å². The Morgan fingerprint density at radius 3 is 2.28 bits per heavy atom.